The van der Waals surface area contributed by atoms with Crippen LogP contribution in [0.2, 0.25) is 0 Å². The number of carbonyl (C=O) groups is 1. The molecule has 0 aromatic rings. The van der Waals surface area contributed by atoms with Gasteiger partial charge in [0.05, 0.1) is 33.0 Å². The van der Waals surface area contributed by atoms with Gasteiger partial charge in [0.1, 0.15) is 0 Å². The summed E-state index contributed by atoms with van der Waals surface area (Å²) < 4.78 is 9.95. The average molecular weight is 219 g/mol. The Morgan fingerprint density at radius 2 is 2.07 bits per heavy atom. The fourth-order valence-corrected chi connectivity index (χ4v) is 1.10. The van der Waals surface area contributed by atoms with Gasteiger partial charge in [-0.25, -0.2) is 0 Å². The molecule has 5 nitrogen and oxygen atoms in total. The first-order valence-corrected chi connectivity index (χ1v) is 5.31. The molecule has 15 heavy (non-hydrogen) atoms. The summed E-state index contributed by atoms with van der Waals surface area (Å²) in [4.78, 5) is 13.1. The topological polar surface area (TPSA) is 59.0 Å². The molecule has 0 aliphatic heterocycles. The van der Waals surface area contributed by atoms with Crippen molar-refractivity contribution in [2.75, 3.05) is 46.1 Å². The van der Waals surface area contributed by atoms with Gasteiger partial charge in [-0.05, 0) is 13.5 Å². The summed E-state index contributed by atoms with van der Waals surface area (Å²) in [5, 5.41) is 8.49. The van der Waals surface area contributed by atoms with Crippen LogP contribution in [0.15, 0.2) is 0 Å². The highest BCUT2D eigenvalue weighted by atomic mass is 16.5. The van der Waals surface area contributed by atoms with E-state index >= 15 is 0 Å². The molecule has 0 aromatic heterocycles. The van der Waals surface area contributed by atoms with E-state index in [1.54, 1.807) is 6.92 Å². The van der Waals surface area contributed by atoms with Crippen molar-refractivity contribution < 1.29 is 19.4 Å². The van der Waals surface area contributed by atoms with Crippen LogP contribution in [0, 0.1) is 0 Å². The van der Waals surface area contributed by atoms with E-state index in [9.17, 15) is 4.79 Å². The van der Waals surface area contributed by atoms with E-state index in [1.807, 2.05) is 11.8 Å². The molecule has 0 aromatic carbocycles. The third-order valence-electron chi connectivity index (χ3n) is 1.89. The lowest BCUT2D eigenvalue weighted by Crippen LogP contribution is -2.33. The smallest absolute Gasteiger partial charge is 0.320 e. The summed E-state index contributed by atoms with van der Waals surface area (Å²) in [6.45, 7) is 6.83. The van der Waals surface area contributed by atoms with Gasteiger partial charge in [0.25, 0.3) is 0 Å². The van der Waals surface area contributed by atoms with Crippen LogP contribution in [0.3, 0.4) is 0 Å². The number of rotatable bonds is 9. The first kappa shape index (κ1) is 14.3. The van der Waals surface area contributed by atoms with Crippen molar-refractivity contribution >= 4 is 5.97 Å². The molecule has 0 unspecified atom stereocenters. The maximum atomic E-state index is 11.2. The molecule has 0 atom stereocenters. The lowest BCUT2D eigenvalue weighted by molar-refractivity contribution is -0.144. The highest BCUT2D eigenvalue weighted by molar-refractivity contribution is 5.71. The summed E-state index contributed by atoms with van der Waals surface area (Å²) in [7, 11) is 0. The summed E-state index contributed by atoms with van der Waals surface area (Å²) in [5.74, 6) is -0.207. The van der Waals surface area contributed by atoms with Crippen molar-refractivity contribution in [1.29, 1.82) is 0 Å². The quantitative estimate of drug-likeness (QED) is 0.433. The third-order valence-corrected chi connectivity index (χ3v) is 1.89. The second kappa shape index (κ2) is 9.89. The normalized spacial score (nSPS) is 10.7. The molecule has 0 rings (SSSR count). The number of esters is 1. The lowest BCUT2D eigenvalue weighted by Gasteiger charge is -2.18. The molecule has 0 amide bonds. The molecular weight excluding hydrogens is 198 g/mol. The molecular formula is C10H21NO4. The van der Waals surface area contributed by atoms with E-state index in [4.69, 9.17) is 14.6 Å². The minimum atomic E-state index is -0.207. The molecule has 0 radical (unpaired) electrons. The van der Waals surface area contributed by atoms with Crippen molar-refractivity contribution in [2.24, 2.45) is 0 Å². The minimum absolute atomic E-state index is 0.0317. The minimum Gasteiger partial charge on any atom is -0.465 e. The van der Waals surface area contributed by atoms with Gasteiger partial charge in [-0.2, -0.15) is 0 Å². The van der Waals surface area contributed by atoms with Crippen LogP contribution >= 0.6 is 0 Å². The van der Waals surface area contributed by atoms with E-state index in [0.29, 0.717) is 32.9 Å². The summed E-state index contributed by atoms with van der Waals surface area (Å²) in [5.41, 5.74) is 0. The van der Waals surface area contributed by atoms with Gasteiger partial charge >= 0.3 is 5.97 Å². The Balaban J connectivity index is 3.58. The number of aliphatic hydroxyl groups is 1. The van der Waals surface area contributed by atoms with Crippen LogP contribution in [0.5, 0.6) is 0 Å². The highest BCUT2D eigenvalue weighted by Crippen LogP contribution is 1.90. The molecule has 0 aliphatic carbocycles. The van der Waals surface area contributed by atoms with Crippen molar-refractivity contribution in [1.82, 2.24) is 4.90 Å². The Labute approximate surface area is 91.0 Å². The maximum Gasteiger partial charge on any atom is 0.320 e. The lowest BCUT2D eigenvalue weighted by atomic mass is 10.4. The van der Waals surface area contributed by atoms with Gasteiger partial charge in [-0.3, -0.25) is 9.69 Å². The van der Waals surface area contributed by atoms with Gasteiger partial charge in [0, 0.05) is 6.54 Å². The van der Waals surface area contributed by atoms with Gasteiger partial charge in [-0.1, -0.05) is 6.92 Å². The zero-order valence-electron chi connectivity index (χ0n) is 9.57. The Morgan fingerprint density at radius 3 is 2.60 bits per heavy atom. The average Bonchev–Trinajstić information content (AvgIpc) is 2.23. The van der Waals surface area contributed by atoms with Crippen LogP contribution in [-0.2, 0) is 14.3 Å². The van der Waals surface area contributed by atoms with E-state index in [1.165, 1.54) is 0 Å². The molecule has 90 valence electrons. The van der Waals surface area contributed by atoms with E-state index in [-0.39, 0.29) is 12.6 Å². The Hall–Kier alpha value is -0.650. The van der Waals surface area contributed by atoms with E-state index in [0.717, 1.165) is 6.54 Å². The summed E-state index contributed by atoms with van der Waals surface area (Å²) in [6, 6.07) is 0. The van der Waals surface area contributed by atoms with Gasteiger partial charge in [0.15, 0.2) is 0 Å². The van der Waals surface area contributed by atoms with Crippen LogP contribution < -0.4 is 0 Å². The number of ether oxygens (including phenoxy) is 2. The van der Waals surface area contributed by atoms with Crippen molar-refractivity contribution in [3.63, 3.8) is 0 Å². The second-order valence-electron chi connectivity index (χ2n) is 3.01. The maximum absolute atomic E-state index is 11.2. The van der Waals surface area contributed by atoms with Gasteiger partial charge < -0.3 is 14.6 Å². The van der Waals surface area contributed by atoms with E-state index < -0.39 is 0 Å². The molecule has 0 saturated heterocycles. The molecule has 0 heterocycles. The number of nitrogens with zero attached hydrogens (tertiary/aromatic N) is 1. The largest absolute Gasteiger partial charge is 0.465 e. The SMILES string of the molecule is CCOC(=O)CN(CC)CCOCCO. The number of carbonyl (C=O) groups excluding carboxylic acids is 1. The van der Waals surface area contributed by atoms with Crippen LogP contribution in [-0.4, -0.2) is 62.0 Å². The highest BCUT2D eigenvalue weighted by Gasteiger charge is 2.08. The molecule has 1 N–H and O–H groups in total. The summed E-state index contributed by atoms with van der Waals surface area (Å²) >= 11 is 0. The Morgan fingerprint density at radius 1 is 1.33 bits per heavy atom. The van der Waals surface area contributed by atoms with Crippen molar-refractivity contribution in [3.05, 3.63) is 0 Å². The van der Waals surface area contributed by atoms with Gasteiger partial charge in [-0.15, -0.1) is 0 Å². The predicted octanol–water partition coefficient (Wildman–Crippen LogP) is -0.120. The van der Waals surface area contributed by atoms with Crippen LogP contribution in [0.1, 0.15) is 13.8 Å². The molecule has 0 saturated carbocycles. The Bertz CT molecular complexity index is 164. The van der Waals surface area contributed by atoms with Crippen molar-refractivity contribution in [2.45, 2.75) is 13.8 Å². The molecule has 0 spiro atoms. The Kier molecular flexibility index (Phi) is 9.46. The van der Waals surface area contributed by atoms with Crippen LogP contribution in [0.4, 0.5) is 0 Å². The van der Waals surface area contributed by atoms with Gasteiger partial charge in [0.2, 0.25) is 0 Å². The van der Waals surface area contributed by atoms with E-state index in [2.05, 4.69) is 0 Å². The molecule has 5 heteroatoms. The molecule has 0 fully saturated rings. The standard InChI is InChI=1S/C10H21NO4/c1-3-11(5-7-14-8-6-12)9-10(13)15-4-2/h12H,3-9H2,1-2H3. The summed E-state index contributed by atoms with van der Waals surface area (Å²) in [6.07, 6.45) is 0. The first-order chi connectivity index (χ1) is 7.24. The molecule has 0 aliphatic rings. The second-order valence-corrected chi connectivity index (χ2v) is 3.01. The van der Waals surface area contributed by atoms with Crippen LogP contribution in [0.25, 0.3) is 0 Å². The first-order valence-electron chi connectivity index (χ1n) is 5.31. The predicted molar refractivity (Wildman–Crippen MR) is 56.7 cm³/mol. The fourth-order valence-electron chi connectivity index (χ4n) is 1.10. The zero-order valence-corrected chi connectivity index (χ0v) is 9.57. The fraction of sp³-hybridized carbons (Fsp3) is 0.900. The number of hydrogen-bond donors (Lipinski definition) is 1. The third kappa shape index (κ3) is 8.35. The zero-order chi connectivity index (χ0) is 11.5. The van der Waals surface area contributed by atoms with Crippen molar-refractivity contribution in [3.8, 4) is 0 Å². The molecule has 0 bridgehead atoms. The monoisotopic (exact) mass is 219 g/mol. The number of likely N-dealkylation sites (N-methyl/N-ethyl adjacent to an activating group) is 1. The number of hydrogen-bond acceptors (Lipinski definition) is 5. The number of aliphatic hydroxyl groups excluding tert-OH is 1.